The van der Waals surface area contributed by atoms with Crippen molar-refractivity contribution in [1.29, 1.82) is 0 Å². The third-order valence-corrected chi connectivity index (χ3v) is 4.20. The number of amides is 1. The summed E-state index contributed by atoms with van der Waals surface area (Å²) in [6, 6.07) is 0. The van der Waals surface area contributed by atoms with Crippen LogP contribution in [-0.2, 0) is 9.59 Å². The zero-order chi connectivity index (χ0) is 13.8. The van der Waals surface area contributed by atoms with E-state index in [1.807, 2.05) is 4.90 Å². The van der Waals surface area contributed by atoms with Gasteiger partial charge in [0.1, 0.15) is 0 Å². The van der Waals surface area contributed by atoms with Crippen molar-refractivity contribution in [2.45, 2.75) is 32.6 Å². The van der Waals surface area contributed by atoms with Crippen LogP contribution in [-0.4, -0.2) is 59.5 Å². The van der Waals surface area contributed by atoms with Gasteiger partial charge in [0.15, 0.2) is 0 Å². The van der Waals surface area contributed by atoms with Gasteiger partial charge in [-0.05, 0) is 37.6 Å². The molecule has 2 atom stereocenters. The molecule has 2 aliphatic rings. The number of carboxylic acid groups (broad SMARTS) is 1. The molecule has 0 aliphatic carbocycles. The van der Waals surface area contributed by atoms with E-state index in [4.69, 9.17) is 5.11 Å². The first-order valence-electron chi connectivity index (χ1n) is 7.26. The highest BCUT2D eigenvalue weighted by molar-refractivity contribution is 5.78. The molecule has 2 heterocycles. The molecular weight excluding hydrogens is 244 g/mol. The van der Waals surface area contributed by atoms with E-state index in [1.165, 1.54) is 6.42 Å². The number of piperidine rings is 1. The highest BCUT2D eigenvalue weighted by Crippen LogP contribution is 2.20. The summed E-state index contributed by atoms with van der Waals surface area (Å²) in [4.78, 5) is 26.9. The predicted molar refractivity (Wildman–Crippen MR) is 71.8 cm³/mol. The van der Waals surface area contributed by atoms with Gasteiger partial charge in [-0.15, -0.1) is 0 Å². The van der Waals surface area contributed by atoms with Crippen LogP contribution in [0.1, 0.15) is 32.6 Å². The Hall–Kier alpha value is -1.10. The van der Waals surface area contributed by atoms with E-state index in [9.17, 15) is 9.59 Å². The van der Waals surface area contributed by atoms with Crippen molar-refractivity contribution < 1.29 is 14.7 Å². The van der Waals surface area contributed by atoms with Gasteiger partial charge in [-0.25, -0.2) is 0 Å². The molecule has 5 heteroatoms. The average Bonchev–Trinajstić information content (AvgIpc) is 2.75. The standard InChI is InChI=1S/C14H24N2O3/c1-11-3-2-5-16(8-11)13(17)10-15-6-4-12(9-15)7-14(18)19/h11-12H,2-10H2,1H3,(H,18,19). The molecule has 0 saturated carbocycles. The van der Waals surface area contributed by atoms with Crippen LogP contribution in [0, 0.1) is 11.8 Å². The predicted octanol–water partition coefficient (Wildman–Crippen LogP) is 1.04. The summed E-state index contributed by atoms with van der Waals surface area (Å²) >= 11 is 0. The van der Waals surface area contributed by atoms with Gasteiger partial charge < -0.3 is 10.0 Å². The second-order valence-corrected chi connectivity index (χ2v) is 6.07. The van der Waals surface area contributed by atoms with Gasteiger partial charge in [0.25, 0.3) is 0 Å². The number of aliphatic carboxylic acids is 1. The topological polar surface area (TPSA) is 60.9 Å². The lowest BCUT2D eigenvalue weighted by atomic mass is 10.0. The van der Waals surface area contributed by atoms with E-state index in [-0.39, 0.29) is 18.2 Å². The van der Waals surface area contributed by atoms with Crippen LogP contribution >= 0.6 is 0 Å². The summed E-state index contributed by atoms with van der Waals surface area (Å²) in [5, 5.41) is 8.78. The third kappa shape index (κ3) is 4.20. The van der Waals surface area contributed by atoms with E-state index >= 15 is 0 Å². The van der Waals surface area contributed by atoms with E-state index in [2.05, 4.69) is 11.8 Å². The molecule has 19 heavy (non-hydrogen) atoms. The van der Waals surface area contributed by atoms with Crippen molar-refractivity contribution in [1.82, 2.24) is 9.80 Å². The minimum atomic E-state index is -0.733. The molecule has 5 nitrogen and oxygen atoms in total. The lowest BCUT2D eigenvalue weighted by Gasteiger charge is -2.32. The molecule has 0 bridgehead atoms. The molecule has 0 radical (unpaired) electrons. The van der Waals surface area contributed by atoms with Gasteiger partial charge >= 0.3 is 5.97 Å². The van der Waals surface area contributed by atoms with Crippen molar-refractivity contribution in [2.24, 2.45) is 11.8 Å². The summed E-state index contributed by atoms with van der Waals surface area (Å²) in [6.45, 7) is 6.02. The monoisotopic (exact) mass is 268 g/mol. The maximum atomic E-state index is 12.2. The normalized spacial score (nSPS) is 28.6. The Morgan fingerprint density at radius 1 is 1.21 bits per heavy atom. The number of hydrogen-bond acceptors (Lipinski definition) is 3. The quantitative estimate of drug-likeness (QED) is 0.827. The molecule has 1 N–H and O–H groups in total. The zero-order valence-corrected chi connectivity index (χ0v) is 11.7. The molecule has 1 amide bonds. The summed E-state index contributed by atoms with van der Waals surface area (Å²) in [6.07, 6.45) is 3.45. The number of nitrogens with zero attached hydrogens (tertiary/aromatic N) is 2. The fraction of sp³-hybridized carbons (Fsp3) is 0.857. The van der Waals surface area contributed by atoms with Crippen molar-refractivity contribution in [3.8, 4) is 0 Å². The van der Waals surface area contributed by atoms with Crippen molar-refractivity contribution in [2.75, 3.05) is 32.7 Å². The lowest BCUT2D eigenvalue weighted by Crippen LogP contribution is -2.44. The van der Waals surface area contributed by atoms with Crippen LogP contribution in [0.2, 0.25) is 0 Å². The summed E-state index contributed by atoms with van der Waals surface area (Å²) in [5.41, 5.74) is 0. The summed E-state index contributed by atoms with van der Waals surface area (Å²) in [5.74, 6) is 0.298. The molecule has 2 rings (SSSR count). The number of carbonyl (C=O) groups is 2. The number of rotatable bonds is 4. The third-order valence-electron chi connectivity index (χ3n) is 4.20. The first-order chi connectivity index (χ1) is 9.04. The maximum Gasteiger partial charge on any atom is 0.303 e. The Labute approximate surface area is 114 Å². The van der Waals surface area contributed by atoms with Crippen molar-refractivity contribution in [3.05, 3.63) is 0 Å². The van der Waals surface area contributed by atoms with Gasteiger partial charge in [-0.2, -0.15) is 0 Å². The Balaban J connectivity index is 1.75. The molecule has 2 fully saturated rings. The van der Waals surface area contributed by atoms with E-state index < -0.39 is 5.97 Å². The van der Waals surface area contributed by atoms with Gasteiger partial charge in [-0.1, -0.05) is 6.92 Å². The Morgan fingerprint density at radius 2 is 2.00 bits per heavy atom. The SMILES string of the molecule is CC1CCCN(C(=O)CN2CCC(CC(=O)O)C2)C1. The summed E-state index contributed by atoms with van der Waals surface area (Å²) in [7, 11) is 0. The fourth-order valence-corrected chi connectivity index (χ4v) is 3.18. The van der Waals surface area contributed by atoms with Crippen LogP contribution in [0.3, 0.4) is 0 Å². The van der Waals surface area contributed by atoms with Gasteiger partial charge in [0.05, 0.1) is 6.54 Å². The first-order valence-corrected chi connectivity index (χ1v) is 7.26. The van der Waals surface area contributed by atoms with Crippen molar-refractivity contribution >= 4 is 11.9 Å². The van der Waals surface area contributed by atoms with Gasteiger partial charge in [0, 0.05) is 26.1 Å². The van der Waals surface area contributed by atoms with Crippen LogP contribution in [0.15, 0.2) is 0 Å². The first kappa shape index (κ1) is 14.3. The minimum Gasteiger partial charge on any atom is -0.481 e. The molecule has 0 spiro atoms. The number of carbonyl (C=O) groups excluding carboxylic acids is 1. The Bertz CT molecular complexity index is 346. The van der Waals surface area contributed by atoms with E-state index in [1.54, 1.807) is 0 Å². The number of likely N-dealkylation sites (tertiary alicyclic amines) is 2. The van der Waals surface area contributed by atoms with Crippen LogP contribution < -0.4 is 0 Å². The van der Waals surface area contributed by atoms with Gasteiger partial charge in [0.2, 0.25) is 5.91 Å². The van der Waals surface area contributed by atoms with Crippen LogP contribution in [0.5, 0.6) is 0 Å². The largest absolute Gasteiger partial charge is 0.481 e. The highest BCUT2D eigenvalue weighted by atomic mass is 16.4. The molecule has 108 valence electrons. The van der Waals surface area contributed by atoms with Crippen molar-refractivity contribution in [3.63, 3.8) is 0 Å². The van der Waals surface area contributed by atoms with E-state index in [0.717, 1.165) is 39.0 Å². The smallest absolute Gasteiger partial charge is 0.303 e. The fourth-order valence-electron chi connectivity index (χ4n) is 3.18. The lowest BCUT2D eigenvalue weighted by molar-refractivity contribution is -0.138. The van der Waals surface area contributed by atoms with Crippen LogP contribution in [0.4, 0.5) is 0 Å². The molecule has 0 aromatic carbocycles. The Morgan fingerprint density at radius 3 is 2.68 bits per heavy atom. The number of hydrogen-bond donors (Lipinski definition) is 1. The number of carboxylic acids is 1. The summed E-state index contributed by atoms with van der Waals surface area (Å²) < 4.78 is 0. The molecule has 2 unspecified atom stereocenters. The second-order valence-electron chi connectivity index (χ2n) is 6.07. The molecule has 0 aromatic rings. The molecule has 0 aromatic heterocycles. The van der Waals surface area contributed by atoms with Crippen LogP contribution in [0.25, 0.3) is 0 Å². The zero-order valence-electron chi connectivity index (χ0n) is 11.7. The maximum absolute atomic E-state index is 12.2. The van der Waals surface area contributed by atoms with E-state index in [0.29, 0.717) is 12.5 Å². The Kier molecular flexibility index (Phi) is 4.80. The highest BCUT2D eigenvalue weighted by Gasteiger charge is 2.28. The average molecular weight is 268 g/mol. The molecule has 2 aliphatic heterocycles. The molecular formula is C14H24N2O3. The second kappa shape index (κ2) is 6.37. The minimum absolute atomic E-state index is 0.211. The molecule has 2 saturated heterocycles. The van der Waals surface area contributed by atoms with Gasteiger partial charge in [-0.3, -0.25) is 14.5 Å².